The van der Waals surface area contributed by atoms with Gasteiger partial charge in [-0.3, -0.25) is 4.79 Å². The van der Waals surface area contributed by atoms with Crippen LogP contribution in [-0.2, 0) is 4.79 Å². The van der Waals surface area contributed by atoms with Gasteiger partial charge in [-0.05, 0) is 37.8 Å². The molecule has 1 unspecified atom stereocenters. The summed E-state index contributed by atoms with van der Waals surface area (Å²) in [7, 11) is 0. The molecule has 3 nitrogen and oxygen atoms in total. The van der Waals surface area contributed by atoms with Gasteiger partial charge in [0, 0.05) is 6.54 Å². The zero-order valence-electron chi connectivity index (χ0n) is 10.1. The molecule has 0 saturated carbocycles. The van der Waals surface area contributed by atoms with Crippen LogP contribution in [0.3, 0.4) is 0 Å². The molecule has 0 aliphatic carbocycles. The molecule has 1 atom stereocenters. The third kappa shape index (κ3) is 8.75. The van der Waals surface area contributed by atoms with Crippen molar-refractivity contribution < 1.29 is 4.79 Å². The monoisotopic (exact) mass is 232 g/mol. The molecule has 0 aromatic rings. The lowest BCUT2D eigenvalue weighted by Crippen LogP contribution is -2.42. The minimum absolute atomic E-state index is 0.0665. The summed E-state index contributed by atoms with van der Waals surface area (Å²) in [6, 6.07) is -0.0665. The molecule has 15 heavy (non-hydrogen) atoms. The largest absolute Gasteiger partial charge is 0.355 e. The lowest BCUT2D eigenvalue weighted by Gasteiger charge is -2.13. The Morgan fingerprint density at radius 2 is 2.07 bits per heavy atom. The molecule has 0 saturated heterocycles. The SMILES string of the molecule is CCCNC(=O)C(C)NCCCSCC. The Bertz CT molecular complexity index is 165. The maximum Gasteiger partial charge on any atom is 0.236 e. The van der Waals surface area contributed by atoms with Crippen LogP contribution >= 0.6 is 11.8 Å². The van der Waals surface area contributed by atoms with Crippen LogP contribution in [0.5, 0.6) is 0 Å². The van der Waals surface area contributed by atoms with Crippen molar-refractivity contribution in [3.63, 3.8) is 0 Å². The quantitative estimate of drug-likeness (QED) is 0.594. The van der Waals surface area contributed by atoms with E-state index in [-0.39, 0.29) is 11.9 Å². The summed E-state index contributed by atoms with van der Waals surface area (Å²) >= 11 is 1.94. The van der Waals surface area contributed by atoms with Crippen molar-refractivity contribution in [2.75, 3.05) is 24.6 Å². The van der Waals surface area contributed by atoms with Crippen LogP contribution in [0.15, 0.2) is 0 Å². The molecule has 2 N–H and O–H groups in total. The lowest BCUT2D eigenvalue weighted by atomic mass is 10.3. The highest BCUT2D eigenvalue weighted by molar-refractivity contribution is 7.99. The number of amides is 1. The summed E-state index contributed by atoms with van der Waals surface area (Å²) < 4.78 is 0. The van der Waals surface area contributed by atoms with E-state index in [0.29, 0.717) is 0 Å². The van der Waals surface area contributed by atoms with Gasteiger partial charge in [-0.1, -0.05) is 13.8 Å². The Balaban J connectivity index is 3.38. The molecule has 0 fully saturated rings. The smallest absolute Gasteiger partial charge is 0.236 e. The van der Waals surface area contributed by atoms with E-state index >= 15 is 0 Å². The van der Waals surface area contributed by atoms with Gasteiger partial charge in [-0.15, -0.1) is 0 Å². The van der Waals surface area contributed by atoms with Gasteiger partial charge < -0.3 is 10.6 Å². The standard InChI is InChI=1S/C11H24N2OS/c1-4-7-13-11(14)10(3)12-8-6-9-15-5-2/h10,12H,4-9H2,1-3H3,(H,13,14). The highest BCUT2D eigenvalue weighted by atomic mass is 32.2. The fourth-order valence-electron chi connectivity index (χ4n) is 1.13. The van der Waals surface area contributed by atoms with Gasteiger partial charge in [-0.25, -0.2) is 0 Å². The number of thioether (sulfide) groups is 1. The molecule has 0 spiro atoms. The van der Waals surface area contributed by atoms with Crippen LogP contribution < -0.4 is 10.6 Å². The van der Waals surface area contributed by atoms with Crippen LogP contribution in [0.4, 0.5) is 0 Å². The summed E-state index contributed by atoms with van der Waals surface area (Å²) in [5.74, 6) is 2.46. The molecule has 0 rings (SSSR count). The van der Waals surface area contributed by atoms with Crippen LogP contribution in [0.2, 0.25) is 0 Å². The third-order valence-corrected chi connectivity index (χ3v) is 3.05. The predicted molar refractivity (Wildman–Crippen MR) is 68.4 cm³/mol. The molecule has 0 radical (unpaired) electrons. The molecule has 0 aromatic heterocycles. The predicted octanol–water partition coefficient (Wildman–Crippen LogP) is 1.63. The minimum atomic E-state index is -0.0665. The topological polar surface area (TPSA) is 41.1 Å². The molecule has 0 bridgehead atoms. The van der Waals surface area contributed by atoms with E-state index in [0.717, 1.165) is 25.9 Å². The van der Waals surface area contributed by atoms with Crippen molar-refractivity contribution in [1.29, 1.82) is 0 Å². The van der Waals surface area contributed by atoms with E-state index in [1.54, 1.807) is 0 Å². The zero-order chi connectivity index (χ0) is 11.5. The second kappa shape index (κ2) is 10.3. The van der Waals surface area contributed by atoms with Crippen molar-refractivity contribution in [1.82, 2.24) is 10.6 Å². The van der Waals surface area contributed by atoms with E-state index in [1.807, 2.05) is 18.7 Å². The highest BCUT2D eigenvalue weighted by Crippen LogP contribution is 1.99. The first kappa shape index (κ1) is 14.8. The molecule has 0 aliphatic rings. The van der Waals surface area contributed by atoms with E-state index in [9.17, 15) is 4.79 Å². The number of hydrogen-bond donors (Lipinski definition) is 2. The van der Waals surface area contributed by atoms with Gasteiger partial charge in [0.2, 0.25) is 5.91 Å². The number of carbonyl (C=O) groups excluding carboxylic acids is 1. The number of rotatable bonds is 9. The first-order valence-corrected chi connectivity index (χ1v) is 6.96. The Kier molecular flexibility index (Phi) is 10.2. The average molecular weight is 232 g/mol. The molecule has 0 aromatic carbocycles. The number of hydrogen-bond acceptors (Lipinski definition) is 3. The van der Waals surface area contributed by atoms with Crippen LogP contribution in [0.25, 0.3) is 0 Å². The van der Waals surface area contributed by atoms with Crippen molar-refractivity contribution >= 4 is 17.7 Å². The molecular weight excluding hydrogens is 208 g/mol. The summed E-state index contributed by atoms with van der Waals surface area (Å²) in [5, 5.41) is 6.10. The molecule has 0 aliphatic heterocycles. The zero-order valence-corrected chi connectivity index (χ0v) is 11.0. The van der Waals surface area contributed by atoms with Crippen molar-refractivity contribution in [3.8, 4) is 0 Å². The summed E-state index contributed by atoms with van der Waals surface area (Å²) in [6.45, 7) is 7.83. The van der Waals surface area contributed by atoms with Gasteiger partial charge in [0.25, 0.3) is 0 Å². The van der Waals surface area contributed by atoms with Crippen molar-refractivity contribution in [2.45, 2.75) is 39.7 Å². The Morgan fingerprint density at radius 1 is 1.33 bits per heavy atom. The van der Waals surface area contributed by atoms with Gasteiger partial charge >= 0.3 is 0 Å². The molecule has 4 heteroatoms. The van der Waals surface area contributed by atoms with Crippen molar-refractivity contribution in [2.24, 2.45) is 0 Å². The Morgan fingerprint density at radius 3 is 2.67 bits per heavy atom. The van der Waals surface area contributed by atoms with Crippen molar-refractivity contribution in [3.05, 3.63) is 0 Å². The Labute approximate surface area is 97.8 Å². The molecule has 90 valence electrons. The molecular formula is C11H24N2OS. The average Bonchev–Trinajstić information content (AvgIpc) is 2.25. The van der Waals surface area contributed by atoms with E-state index in [4.69, 9.17) is 0 Å². The fourth-order valence-corrected chi connectivity index (χ4v) is 1.77. The van der Waals surface area contributed by atoms with E-state index in [1.165, 1.54) is 11.5 Å². The van der Waals surface area contributed by atoms with E-state index < -0.39 is 0 Å². The minimum Gasteiger partial charge on any atom is -0.355 e. The van der Waals surface area contributed by atoms with E-state index in [2.05, 4.69) is 24.5 Å². The van der Waals surface area contributed by atoms with Gasteiger partial charge in [0.1, 0.15) is 0 Å². The summed E-state index contributed by atoms with van der Waals surface area (Å²) in [4.78, 5) is 11.4. The van der Waals surface area contributed by atoms with Gasteiger partial charge in [0.05, 0.1) is 6.04 Å². The maximum atomic E-state index is 11.4. The maximum absolute atomic E-state index is 11.4. The van der Waals surface area contributed by atoms with Crippen LogP contribution in [-0.4, -0.2) is 36.5 Å². The van der Waals surface area contributed by atoms with Gasteiger partial charge in [0.15, 0.2) is 0 Å². The Hall–Kier alpha value is -0.220. The second-order valence-corrected chi connectivity index (χ2v) is 4.91. The molecule has 0 heterocycles. The number of nitrogens with one attached hydrogen (secondary N) is 2. The molecule has 1 amide bonds. The number of carbonyl (C=O) groups is 1. The van der Waals surface area contributed by atoms with Crippen LogP contribution in [0.1, 0.15) is 33.6 Å². The third-order valence-electron chi connectivity index (χ3n) is 2.06. The fraction of sp³-hybridized carbons (Fsp3) is 0.909. The van der Waals surface area contributed by atoms with Gasteiger partial charge in [-0.2, -0.15) is 11.8 Å². The second-order valence-electron chi connectivity index (χ2n) is 3.52. The lowest BCUT2D eigenvalue weighted by molar-refractivity contribution is -0.122. The normalized spacial score (nSPS) is 12.5. The first-order chi connectivity index (χ1) is 7.22. The van der Waals surface area contributed by atoms with Crippen LogP contribution in [0, 0.1) is 0 Å². The summed E-state index contributed by atoms with van der Waals surface area (Å²) in [6.07, 6.45) is 2.12. The summed E-state index contributed by atoms with van der Waals surface area (Å²) in [5.41, 5.74) is 0. The highest BCUT2D eigenvalue weighted by Gasteiger charge is 2.09. The first-order valence-electron chi connectivity index (χ1n) is 5.81.